The summed E-state index contributed by atoms with van der Waals surface area (Å²) in [6, 6.07) is 8.86. The summed E-state index contributed by atoms with van der Waals surface area (Å²) in [6.07, 6.45) is 1.49. The fourth-order valence-corrected chi connectivity index (χ4v) is 5.02. The van der Waals surface area contributed by atoms with Crippen LogP contribution in [0.5, 0.6) is 11.5 Å². The normalized spacial score (nSPS) is 13.0. The maximum Gasteiger partial charge on any atom is 0.246 e. The number of hydrogen-bond donors (Lipinski definition) is 1. The number of amides is 1. The molecular formula is C21H24N4O6S. The Labute approximate surface area is 185 Å². The lowest BCUT2D eigenvalue weighted by Crippen LogP contribution is -2.29. The standard InChI is InChI=1S/C21H24N4O6S/c1-14-21(32(27,28)24(3)11-17-5-4-8-29-17)15(2)25(23-14)12-20(26)22-10-16-6-7-18-19(9-16)31-13-30-18/h4-9H,10-13H2,1-3H3,(H,22,26). The number of nitrogens with zero attached hydrogens (tertiary/aromatic N) is 3. The topological polar surface area (TPSA) is 116 Å². The van der Waals surface area contributed by atoms with Crippen LogP contribution in [-0.2, 0) is 34.5 Å². The zero-order chi connectivity index (χ0) is 22.9. The Morgan fingerprint density at radius 2 is 2.00 bits per heavy atom. The van der Waals surface area contributed by atoms with Crippen molar-refractivity contribution in [2.75, 3.05) is 13.8 Å². The van der Waals surface area contributed by atoms with Gasteiger partial charge in [-0.1, -0.05) is 6.07 Å². The average molecular weight is 461 g/mol. The van der Waals surface area contributed by atoms with E-state index in [9.17, 15) is 13.2 Å². The van der Waals surface area contributed by atoms with E-state index in [2.05, 4.69) is 10.4 Å². The number of carbonyl (C=O) groups excluding carboxylic acids is 1. The van der Waals surface area contributed by atoms with Crippen LogP contribution in [-0.4, -0.2) is 42.3 Å². The second-order valence-electron chi connectivity index (χ2n) is 7.46. The Hall–Kier alpha value is -3.31. The second-order valence-corrected chi connectivity index (χ2v) is 9.44. The first-order valence-corrected chi connectivity index (χ1v) is 11.4. The van der Waals surface area contributed by atoms with E-state index in [0.29, 0.717) is 35.2 Å². The van der Waals surface area contributed by atoms with Gasteiger partial charge in [0.25, 0.3) is 0 Å². The summed E-state index contributed by atoms with van der Waals surface area (Å²) in [7, 11) is -2.34. The Morgan fingerprint density at radius 1 is 1.22 bits per heavy atom. The number of carbonyl (C=O) groups is 1. The van der Waals surface area contributed by atoms with Gasteiger partial charge in [-0.25, -0.2) is 8.42 Å². The molecule has 1 aliphatic heterocycles. The molecule has 170 valence electrons. The number of sulfonamides is 1. The van der Waals surface area contributed by atoms with Gasteiger partial charge in [0.05, 0.1) is 24.2 Å². The monoisotopic (exact) mass is 460 g/mol. The minimum absolute atomic E-state index is 0.0927. The van der Waals surface area contributed by atoms with Gasteiger partial charge in [0, 0.05) is 13.6 Å². The van der Waals surface area contributed by atoms with Gasteiger partial charge in [0.2, 0.25) is 22.7 Å². The molecule has 1 amide bonds. The van der Waals surface area contributed by atoms with Gasteiger partial charge in [0.15, 0.2) is 11.5 Å². The number of ether oxygens (including phenoxy) is 2. The predicted octanol–water partition coefficient (Wildman–Crippen LogP) is 1.96. The predicted molar refractivity (Wildman–Crippen MR) is 113 cm³/mol. The zero-order valence-electron chi connectivity index (χ0n) is 18.0. The highest BCUT2D eigenvalue weighted by Crippen LogP contribution is 2.32. The van der Waals surface area contributed by atoms with Gasteiger partial charge in [-0.2, -0.15) is 9.40 Å². The zero-order valence-corrected chi connectivity index (χ0v) is 18.8. The van der Waals surface area contributed by atoms with Crippen LogP contribution in [0, 0.1) is 13.8 Å². The smallest absolute Gasteiger partial charge is 0.246 e. The molecule has 0 spiro atoms. The first kappa shape index (κ1) is 21.9. The van der Waals surface area contributed by atoms with Crippen LogP contribution in [0.15, 0.2) is 45.9 Å². The Balaban J connectivity index is 1.43. The summed E-state index contributed by atoms with van der Waals surface area (Å²) in [5.41, 5.74) is 1.59. The number of aryl methyl sites for hydroxylation is 1. The molecule has 11 heteroatoms. The molecule has 0 fully saturated rings. The number of hydrogen-bond acceptors (Lipinski definition) is 7. The van der Waals surface area contributed by atoms with Gasteiger partial charge in [0.1, 0.15) is 17.2 Å². The van der Waals surface area contributed by atoms with Crippen molar-refractivity contribution in [3.05, 3.63) is 59.3 Å². The lowest BCUT2D eigenvalue weighted by Gasteiger charge is -2.16. The van der Waals surface area contributed by atoms with Gasteiger partial charge < -0.3 is 19.2 Å². The fraction of sp³-hybridized carbons (Fsp3) is 0.333. The van der Waals surface area contributed by atoms with Crippen molar-refractivity contribution >= 4 is 15.9 Å². The van der Waals surface area contributed by atoms with Crippen LogP contribution in [0.2, 0.25) is 0 Å². The molecule has 32 heavy (non-hydrogen) atoms. The highest BCUT2D eigenvalue weighted by atomic mass is 32.2. The highest BCUT2D eigenvalue weighted by Gasteiger charge is 2.29. The first-order chi connectivity index (χ1) is 15.3. The van der Waals surface area contributed by atoms with E-state index < -0.39 is 10.0 Å². The third kappa shape index (κ3) is 4.34. The van der Waals surface area contributed by atoms with E-state index in [4.69, 9.17) is 13.9 Å². The van der Waals surface area contributed by atoms with Crippen LogP contribution in [0.25, 0.3) is 0 Å². The molecular weight excluding hydrogens is 436 g/mol. The summed E-state index contributed by atoms with van der Waals surface area (Å²) in [4.78, 5) is 12.6. The Bertz CT molecular complexity index is 1230. The molecule has 1 N–H and O–H groups in total. The molecule has 0 saturated carbocycles. The van der Waals surface area contributed by atoms with Crippen LogP contribution in [0.3, 0.4) is 0 Å². The summed E-state index contributed by atoms with van der Waals surface area (Å²) in [5, 5.41) is 7.11. The summed E-state index contributed by atoms with van der Waals surface area (Å²) in [5.74, 6) is 1.56. The minimum atomic E-state index is -3.82. The molecule has 3 heterocycles. The largest absolute Gasteiger partial charge is 0.468 e. The Morgan fingerprint density at radius 3 is 2.75 bits per heavy atom. The van der Waals surface area contributed by atoms with Crippen molar-refractivity contribution in [1.29, 1.82) is 0 Å². The Kier molecular flexibility index (Phi) is 5.94. The molecule has 3 aromatic rings. The number of nitrogens with one attached hydrogen (secondary N) is 1. The lowest BCUT2D eigenvalue weighted by molar-refractivity contribution is -0.122. The van der Waals surface area contributed by atoms with E-state index in [-0.39, 0.29) is 30.7 Å². The van der Waals surface area contributed by atoms with E-state index in [1.807, 2.05) is 12.1 Å². The number of rotatable bonds is 8. The molecule has 0 saturated heterocycles. The molecule has 1 aromatic carbocycles. The van der Waals surface area contributed by atoms with Crippen LogP contribution >= 0.6 is 0 Å². The van der Waals surface area contributed by atoms with Gasteiger partial charge in [-0.3, -0.25) is 9.48 Å². The molecule has 0 bridgehead atoms. The molecule has 0 radical (unpaired) electrons. The highest BCUT2D eigenvalue weighted by molar-refractivity contribution is 7.89. The van der Waals surface area contributed by atoms with Crippen molar-refractivity contribution in [1.82, 2.24) is 19.4 Å². The molecule has 2 aromatic heterocycles. The molecule has 1 aliphatic rings. The third-order valence-corrected chi connectivity index (χ3v) is 7.22. The van der Waals surface area contributed by atoms with Crippen molar-refractivity contribution in [2.24, 2.45) is 0 Å². The summed E-state index contributed by atoms with van der Waals surface area (Å²) in [6.45, 7) is 3.72. The number of benzene rings is 1. The minimum Gasteiger partial charge on any atom is -0.468 e. The van der Waals surface area contributed by atoms with E-state index >= 15 is 0 Å². The van der Waals surface area contributed by atoms with Crippen LogP contribution < -0.4 is 14.8 Å². The van der Waals surface area contributed by atoms with Crippen molar-refractivity contribution in [2.45, 2.75) is 38.4 Å². The average Bonchev–Trinajstić information content (AvgIpc) is 3.47. The van der Waals surface area contributed by atoms with Crippen molar-refractivity contribution < 1.29 is 27.1 Å². The number of aromatic nitrogens is 2. The molecule has 4 rings (SSSR count). The van der Waals surface area contributed by atoms with Crippen LogP contribution in [0.1, 0.15) is 22.7 Å². The van der Waals surface area contributed by atoms with Gasteiger partial charge >= 0.3 is 0 Å². The van der Waals surface area contributed by atoms with E-state index in [1.54, 1.807) is 32.0 Å². The van der Waals surface area contributed by atoms with E-state index in [1.165, 1.54) is 22.3 Å². The van der Waals surface area contributed by atoms with Crippen molar-refractivity contribution in [3.8, 4) is 11.5 Å². The maximum absolute atomic E-state index is 13.1. The van der Waals surface area contributed by atoms with Crippen molar-refractivity contribution in [3.63, 3.8) is 0 Å². The number of furan rings is 1. The fourth-order valence-electron chi connectivity index (χ4n) is 3.51. The van der Waals surface area contributed by atoms with Crippen LogP contribution in [0.4, 0.5) is 0 Å². The molecule has 0 unspecified atom stereocenters. The van der Waals surface area contributed by atoms with Gasteiger partial charge in [-0.15, -0.1) is 0 Å². The first-order valence-electron chi connectivity index (χ1n) is 9.93. The second kappa shape index (κ2) is 8.67. The molecule has 10 nitrogen and oxygen atoms in total. The summed E-state index contributed by atoms with van der Waals surface area (Å²) >= 11 is 0. The quantitative estimate of drug-likeness (QED) is 0.546. The molecule has 0 aliphatic carbocycles. The number of fused-ring (bicyclic) bond motifs is 1. The lowest BCUT2D eigenvalue weighted by atomic mass is 10.2. The SMILES string of the molecule is Cc1nn(CC(=O)NCc2ccc3c(c2)OCO3)c(C)c1S(=O)(=O)N(C)Cc1ccco1. The van der Waals surface area contributed by atoms with E-state index in [0.717, 1.165) is 5.56 Å². The van der Waals surface area contributed by atoms with Gasteiger partial charge in [-0.05, 0) is 43.7 Å². The maximum atomic E-state index is 13.1. The summed E-state index contributed by atoms with van der Waals surface area (Å²) < 4.78 is 44.7. The third-order valence-electron chi connectivity index (χ3n) is 5.16. The molecule has 0 atom stereocenters.